The molecule has 0 saturated carbocycles. The first-order valence-corrected chi connectivity index (χ1v) is 7.58. The fraction of sp³-hybridized carbons (Fsp3) is 0.643. The van der Waals surface area contributed by atoms with Gasteiger partial charge in [0.15, 0.2) is 0 Å². The van der Waals surface area contributed by atoms with Crippen molar-refractivity contribution < 1.29 is 9.53 Å². The third-order valence-corrected chi connectivity index (χ3v) is 3.94. The van der Waals surface area contributed by atoms with Gasteiger partial charge in [0.2, 0.25) is 0 Å². The zero-order valence-electron chi connectivity index (χ0n) is 11.7. The maximum absolute atomic E-state index is 11.7. The predicted molar refractivity (Wildman–Crippen MR) is 76.4 cm³/mol. The fourth-order valence-corrected chi connectivity index (χ4v) is 3.12. The second-order valence-corrected chi connectivity index (χ2v) is 5.10. The summed E-state index contributed by atoms with van der Waals surface area (Å²) in [6.45, 7) is 10.0. The van der Waals surface area contributed by atoms with Crippen molar-refractivity contribution in [3.05, 3.63) is 21.9 Å². The second-order valence-electron chi connectivity index (χ2n) is 4.10. The Kier molecular flexibility index (Phi) is 6.19. The molecule has 0 aliphatic carbocycles. The van der Waals surface area contributed by atoms with Gasteiger partial charge < -0.3 is 9.64 Å². The Morgan fingerprint density at radius 3 is 2.94 bits per heavy atom. The lowest BCUT2D eigenvalue weighted by Crippen LogP contribution is -2.34. The average molecular weight is 269 g/mol. The van der Waals surface area contributed by atoms with Gasteiger partial charge >= 0.3 is 6.09 Å². The van der Waals surface area contributed by atoms with Crippen LogP contribution in [0.2, 0.25) is 0 Å². The summed E-state index contributed by atoms with van der Waals surface area (Å²) in [5, 5.41) is 2.14. The van der Waals surface area contributed by atoms with E-state index in [4.69, 9.17) is 4.74 Å². The topological polar surface area (TPSA) is 29.5 Å². The van der Waals surface area contributed by atoms with Gasteiger partial charge in [0.05, 0.1) is 6.61 Å². The molecule has 0 N–H and O–H groups in total. The van der Waals surface area contributed by atoms with E-state index in [2.05, 4.69) is 18.4 Å². The lowest BCUT2D eigenvalue weighted by atomic mass is 10.0. The molecule has 1 aromatic rings. The molecule has 0 aromatic carbocycles. The quantitative estimate of drug-likeness (QED) is 0.774. The van der Waals surface area contributed by atoms with Crippen LogP contribution in [-0.2, 0) is 11.2 Å². The maximum Gasteiger partial charge on any atom is 0.409 e. The van der Waals surface area contributed by atoms with Crippen molar-refractivity contribution in [3.8, 4) is 0 Å². The normalized spacial score (nSPS) is 18.2. The Bertz CT molecular complexity index is 376. The van der Waals surface area contributed by atoms with Crippen molar-refractivity contribution in [2.75, 3.05) is 19.7 Å². The van der Waals surface area contributed by atoms with Crippen molar-refractivity contribution in [1.82, 2.24) is 4.90 Å². The molecule has 1 unspecified atom stereocenters. The van der Waals surface area contributed by atoms with Crippen LogP contribution < -0.4 is 0 Å². The van der Waals surface area contributed by atoms with Crippen LogP contribution in [0.1, 0.15) is 44.1 Å². The van der Waals surface area contributed by atoms with E-state index < -0.39 is 0 Å². The maximum atomic E-state index is 11.7. The Hall–Kier alpha value is -1.03. The highest BCUT2D eigenvalue weighted by atomic mass is 32.1. The van der Waals surface area contributed by atoms with Crippen molar-refractivity contribution in [1.29, 1.82) is 0 Å². The number of hydrogen-bond acceptors (Lipinski definition) is 3. The molecule has 0 fully saturated rings. The molecule has 0 bridgehead atoms. The van der Waals surface area contributed by atoms with E-state index in [1.165, 1.54) is 10.4 Å². The number of hydrogen-bond donors (Lipinski definition) is 0. The molecule has 2 heterocycles. The highest BCUT2D eigenvalue weighted by Crippen LogP contribution is 2.29. The lowest BCUT2D eigenvalue weighted by Gasteiger charge is -2.21. The SMILES string of the molecule is CC.CCOC(=O)N1CCc2sccc2C(C)C1. The molecule has 18 heavy (non-hydrogen) atoms. The van der Waals surface area contributed by atoms with Crippen LogP contribution in [0.25, 0.3) is 0 Å². The number of ether oxygens (including phenoxy) is 1. The van der Waals surface area contributed by atoms with E-state index in [9.17, 15) is 4.79 Å². The summed E-state index contributed by atoms with van der Waals surface area (Å²) in [4.78, 5) is 14.9. The van der Waals surface area contributed by atoms with Crippen LogP contribution in [-0.4, -0.2) is 30.7 Å². The molecule has 0 radical (unpaired) electrons. The summed E-state index contributed by atoms with van der Waals surface area (Å²) in [6.07, 6.45) is 0.778. The molecule has 0 saturated heterocycles. The van der Waals surface area contributed by atoms with E-state index in [0.717, 1.165) is 19.5 Å². The molecule has 1 aliphatic rings. The standard InChI is InChI=1S/C12H17NO2S.C2H6/c1-3-15-12(14)13-6-4-11-10(5-7-16-11)9(2)8-13;1-2/h5,7,9H,3-4,6,8H2,1-2H3;1-2H3. The Balaban J connectivity index is 0.000000771. The fourth-order valence-electron chi connectivity index (χ4n) is 2.13. The predicted octanol–water partition coefficient (Wildman–Crippen LogP) is 3.89. The monoisotopic (exact) mass is 269 g/mol. The van der Waals surface area contributed by atoms with Gasteiger partial charge in [0.1, 0.15) is 0 Å². The van der Waals surface area contributed by atoms with Crippen molar-refractivity contribution in [3.63, 3.8) is 0 Å². The zero-order valence-corrected chi connectivity index (χ0v) is 12.5. The largest absolute Gasteiger partial charge is 0.450 e. The number of nitrogens with zero attached hydrogens (tertiary/aromatic N) is 1. The third kappa shape index (κ3) is 3.48. The van der Waals surface area contributed by atoms with Crippen molar-refractivity contribution in [2.24, 2.45) is 0 Å². The van der Waals surface area contributed by atoms with E-state index in [-0.39, 0.29) is 6.09 Å². The van der Waals surface area contributed by atoms with E-state index in [1.807, 2.05) is 25.7 Å². The van der Waals surface area contributed by atoms with Crippen LogP contribution in [0, 0.1) is 0 Å². The number of fused-ring (bicyclic) bond motifs is 1. The molecule has 3 nitrogen and oxygen atoms in total. The van der Waals surface area contributed by atoms with Gasteiger partial charge in [-0.15, -0.1) is 11.3 Å². The summed E-state index contributed by atoms with van der Waals surface area (Å²) >= 11 is 1.79. The molecule has 1 amide bonds. The molecule has 102 valence electrons. The molecule has 2 rings (SSSR count). The van der Waals surface area contributed by atoms with Gasteiger partial charge in [0.25, 0.3) is 0 Å². The first-order valence-electron chi connectivity index (χ1n) is 6.70. The Morgan fingerprint density at radius 2 is 2.28 bits per heavy atom. The van der Waals surface area contributed by atoms with Gasteiger partial charge in [-0.2, -0.15) is 0 Å². The number of thiophene rings is 1. The molecule has 1 aliphatic heterocycles. The number of amides is 1. The van der Waals surface area contributed by atoms with Crippen LogP contribution in [0.4, 0.5) is 4.79 Å². The smallest absolute Gasteiger partial charge is 0.409 e. The van der Waals surface area contributed by atoms with Crippen molar-refractivity contribution >= 4 is 17.4 Å². The molecule has 0 spiro atoms. The molecule has 4 heteroatoms. The number of carbonyl (C=O) groups is 1. The Labute approximate surface area is 114 Å². The molecular formula is C14H23NO2S. The number of carbonyl (C=O) groups excluding carboxylic acids is 1. The first kappa shape index (κ1) is 15.0. The second kappa shape index (κ2) is 7.41. The summed E-state index contributed by atoms with van der Waals surface area (Å²) in [7, 11) is 0. The zero-order chi connectivity index (χ0) is 13.5. The van der Waals surface area contributed by atoms with Crippen LogP contribution in [0.3, 0.4) is 0 Å². The molecule has 1 aromatic heterocycles. The first-order chi connectivity index (χ1) is 8.72. The average Bonchev–Trinajstić information content (AvgIpc) is 2.79. The van der Waals surface area contributed by atoms with Crippen LogP contribution in [0.15, 0.2) is 11.4 Å². The number of rotatable bonds is 1. The minimum Gasteiger partial charge on any atom is -0.450 e. The lowest BCUT2D eigenvalue weighted by molar-refractivity contribution is 0.107. The summed E-state index contributed by atoms with van der Waals surface area (Å²) in [5.41, 5.74) is 1.40. The summed E-state index contributed by atoms with van der Waals surface area (Å²) in [5.74, 6) is 0.410. The minimum atomic E-state index is -0.176. The van der Waals surface area contributed by atoms with E-state index in [1.54, 1.807) is 11.3 Å². The van der Waals surface area contributed by atoms with Gasteiger partial charge in [-0.05, 0) is 36.3 Å². The molecule has 1 atom stereocenters. The van der Waals surface area contributed by atoms with E-state index in [0.29, 0.717) is 12.5 Å². The van der Waals surface area contributed by atoms with Crippen LogP contribution >= 0.6 is 11.3 Å². The summed E-state index contributed by atoms with van der Waals surface area (Å²) in [6, 6.07) is 2.18. The highest BCUT2D eigenvalue weighted by Gasteiger charge is 2.24. The van der Waals surface area contributed by atoms with Gasteiger partial charge in [-0.1, -0.05) is 20.8 Å². The summed E-state index contributed by atoms with van der Waals surface area (Å²) < 4.78 is 5.05. The van der Waals surface area contributed by atoms with Gasteiger partial charge in [-0.3, -0.25) is 0 Å². The van der Waals surface area contributed by atoms with Gasteiger partial charge in [-0.25, -0.2) is 4.79 Å². The third-order valence-electron chi connectivity index (χ3n) is 2.94. The Morgan fingerprint density at radius 1 is 1.56 bits per heavy atom. The van der Waals surface area contributed by atoms with Crippen LogP contribution in [0.5, 0.6) is 0 Å². The van der Waals surface area contributed by atoms with Crippen molar-refractivity contribution in [2.45, 2.75) is 40.0 Å². The van der Waals surface area contributed by atoms with E-state index >= 15 is 0 Å². The molecular weight excluding hydrogens is 246 g/mol. The van der Waals surface area contributed by atoms with Gasteiger partial charge in [0, 0.05) is 18.0 Å². The minimum absolute atomic E-state index is 0.176. The highest BCUT2D eigenvalue weighted by molar-refractivity contribution is 7.10.